The molecule has 0 bridgehead atoms. The van der Waals surface area contributed by atoms with Gasteiger partial charge in [-0.2, -0.15) is 0 Å². The highest BCUT2D eigenvalue weighted by Gasteiger charge is 2.33. The lowest BCUT2D eigenvalue weighted by Crippen LogP contribution is -2.34. The molecule has 2 aliphatic rings. The predicted molar refractivity (Wildman–Crippen MR) is 122 cm³/mol. The maximum Gasteiger partial charge on any atom is 0.126 e. The highest BCUT2D eigenvalue weighted by atomic mass is 16.5. The number of carbonyl (C=O) groups excluding carboxylic acids is 1. The van der Waals surface area contributed by atoms with Crippen LogP contribution in [0.5, 0.6) is 11.5 Å². The van der Waals surface area contributed by atoms with E-state index in [-0.39, 0.29) is 23.5 Å². The van der Waals surface area contributed by atoms with E-state index >= 15 is 0 Å². The monoisotopic (exact) mass is 413 g/mol. The number of carbonyl (C=O) groups is 1. The standard InChI is InChI=1S/C27H27NO3/c29-17-19-12-14-28(15-13-19)22-8-6-21(7-9-22)27-24-11-10-23(30)16-26(24)31-18-25(27)20-4-2-1-3-5-20/h1-11,16-17,19,25,27,30H,12-15,18H2. The summed E-state index contributed by atoms with van der Waals surface area (Å²) in [5.74, 6) is 1.55. The molecule has 1 fully saturated rings. The average Bonchev–Trinajstić information content (AvgIpc) is 2.84. The SMILES string of the molecule is O=CC1CCN(c2ccc(C3c4ccc(O)cc4OCC3c3ccccc3)cc2)CC1. The quantitative estimate of drug-likeness (QED) is 0.604. The third-order valence-electron chi connectivity index (χ3n) is 6.73. The molecule has 2 aliphatic heterocycles. The molecule has 4 heteroatoms. The van der Waals surface area contributed by atoms with Gasteiger partial charge in [0.2, 0.25) is 0 Å². The van der Waals surface area contributed by atoms with E-state index in [0.717, 1.165) is 43.5 Å². The number of rotatable bonds is 4. The van der Waals surface area contributed by atoms with Crippen molar-refractivity contribution in [2.24, 2.45) is 5.92 Å². The Morgan fingerprint density at radius 2 is 1.65 bits per heavy atom. The van der Waals surface area contributed by atoms with Crippen LogP contribution >= 0.6 is 0 Å². The van der Waals surface area contributed by atoms with Crippen molar-refractivity contribution >= 4 is 12.0 Å². The van der Waals surface area contributed by atoms with Crippen LogP contribution in [0.25, 0.3) is 0 Å². The molecule has 3 aromatic rings. The molecule has 158 valence electrons. The first-order chi connectivity index (χ1) is 15.2. The van der Waals surface area contributed by atoms with Crippen LogP contribution in [0.1, 0.15) is 41.4 Å². The number of piperidine rings is 1. The van der Waals surface area contributed by atoms with Crippen molar-refractivity contribution in [2.45, 2.75) is 24.7 Å². The largest absolute Gasteiger partial charge is 0.508 e. The van der Waals surface area contributed by atoms with Crippen molar-refractivity contribution in [3.63, 3.8) is 0 Å². The number of aromatic hydroxyl groups is 1. The topological polar surface area (TPSA) is 49.8 Å². The van der Waals surface area contributed by atoms with E-state index in [1.54, 1.807) is 12.1 Å². The molecular formula is C27H27NO3. The lowest BCUT2D eigenvalue weighted by Gasteiger charge is -2.35. The highest BCUT2D eigenvalue weighted by molar-refractivity contribution is 5.57. The van der Waals surface area contributed by atoms with Gasteiger partial charge >= 0.3 is 0 Å². The fourth-order valence-electron chi connectivity index (χ4n) is 4.98. The van der Waals surface area contributed by atoms with Crippen molar-refractivity contribution in [2.75, 3.05) is 24.6 Å². The number of phenols is 1. The first-order valence-corrected chi connectivity index (χ1v) is 11.0. The van der Waals surface area contributed by atoms with Gasteiger partial charge in [0.15, 0.2) is 0 Å². The Hall–Kier alpha value is -3.27. The van der Waals surface area contributed by atoms with Crippen molar-refractivity contribution in [1.29, 1.82) is 0 Å². The van der Waals surface area contributed by atoms with E-state index in [1.165, 1.54) is 16.8 Å². The summed E-state index contributed by atoms with van der Waals surface area (Å²) < 4.78 is 6.07. The summed E-state index contributed by atoms with van der Waals surface area (Å²) >= 11 is 0. The molecule has 0 saturated carbocycles. The Kier molecular flexibility index (Phi) is 5.37. The summed E-state index contributed by atoms with van der Waals surface area (Å²) in [5.41, 5.74) is 4.82. The van der Waals surface area contributed by atoms with Crippen molar-refractivity contribution < 1.29 is 14.6 Å². The molecule has 2 unspecified atom stereocenters. The number of aldehydes is 1. The van der Waals surface area contributed by atoms with Crippen LogP contribution in [0, 0.1) is 5.92 Å². The van der Waals surface area contributed by atoms with Crippen LogP contribution in [0.3, 0.4) is 0 Å². The van der Waals surface area contributed by atoms with Gasteiger partial charge in [-0.1, -0.05) is 48.5 Å². The Bertz CT molecular complexity index is 1040. The van der Waals surface area contributed by atoms with Gasteiger partial charge in [0.25, 0.3) is 0 Å². The minimum absolute atomic E-state index is 0.154. The summed E-state index contributed by atoms with van der Waals surface area (Å²) in [6, 6.07) is 24.8. The van der Waals surface area contributed by atoms with E-state index in [0.29, 0.717) is 6.61 Å². The van der Waals surface area contributed by atoms with Crippen LogP contribution in [-0.2, 0) is 4.79 Å². The van der Waals surface area contributed by atoms with Crippen LogP contribution in [0.15, 0.2) is 72.8 Å². The van der Waals surface area contributed by atoms with Crippen LogP contribution < -0.4 is 9.64 Å². The number of nitrogens with zero attached hydrogens (tertiary/aromatic N) is 1. The normalized spacial score (nSPS) is 21.2. The van der Waals surface area contributed by atoms with Crippen LogP contribution in [0.4, 0.5) is 5.69 Å². The molecule has 4 nitrogen and oxygen atoms in total. The van der Waals surface area contributed by atoms with E-state index in [4.69, 9.17) is 4.74 Å². The number of phenolic OH excluding ortho intramolecular Hbond substituents is 1. The van der Waals surface area contributed by atoms with E-state index in [1.807, 2.05) is 12.1 Å². The molecule has 1 saturated heterocycles. The van der Waals surface area contributed by atoms with E-state index in [9.17, 15) is 9.90 Å². The number of ether oxygens (including phenoxy) is 1. The molecule has 0 aromatic heterocycles. The fourth-order valence-corrected chi connectivity index (χ4v) is 4.98. The molecular weight excluding hydrogens is 386 g/mol. The lowest BCUT2D eigenvalue weighted by molar-refractivity contribution is -0.111. The Morgan fingerprint density at radius 1 is 0.903 bits per heavy atom. The second-order valence-electron chi connectivity index (χ2n) is 8.58. The molecule has 2 heterocycles. The molecule has 0 radical (unpaired) electrons. The van der Waals surface area contributed by atoms with Gasteiger partial charge in [-0.25, -0.2) is 0 Å². The minimum atomic E-state index is 0.154. The zero-order valence-electron chi connectivity index (χ0n) is 17.5. The van der Waals surface area contributed by atoms with Crippen molar-refractivity contribution in [3.05, 3.63) is 89.5 Å². The highest BCUT2D eigenvalue weighted by Crippen LogP contribution is 2.47. The number of benzene rings is 3. The van der Waals surface area contributed by atoms with Crippen LogP contribution in [-0.4, -0.2) is 31.1 Å². The maximum atomic E-state index is 11.0. The predicted octanol–water partition coefficient (Wildman–Crippen LogP) is 5.12. The zero-order valence-corrected chi connectivity index (χ0v) is 17.5. The lowest BCUT2D eigenvalue weighted by atomic mass is 9.76. The van der Waals surface area contributed by atoms with Gasteiger partial charge < -0.3 is 19.5 Å². The molecule has 0 aliphatic carbocycles. The first-order valence-electron chi connectivity index (χ1n) is 11.0. The second-order valence-corrected chi connectivity index (χ2v) is 8.58. The van der Waals surface area contributed by atoms with E-state index < -0.39 is 0 Å². The number of anilines is 1. The molecule has 31 heavy (non-hydrogen) atoms. The zero-order chi connectivity index (χ0) is 21.2. The third kappa shape index (κ3) is 3.90. The van der Waals surface area contributed by atoms with Crippen molar-refractivity contribution in [3.8, 4) is 11.5 Å². The number of hydrogen-bond acceptors (Lipinski definition) is 4. The molecule has 1 N–H and O–H groups in total. The summed E-state index contributed by atoms with van der Waals surface area (Å²) in [7, 11) is 0. The third-order valence-corrected chi connectivity index (χ3v) is 6.73. The van der Waals surface area contributed by atoms with Gasteiger partial charge in [0, 0.05) is 48.2 Å². The Balaban J connectivity index is 1.47. The smallest absolute Gasteiger partial charge is 0.126 e. The van der Waals surface area contributed by atoms with Crippen LogP contribution in [0.2, 0.25) is 0 Å². The van der Waals surface area contributed by atoms with Gasteiger partial charge in [0.1, 0.15) is 17.8 Å². The molecule has 3 aromatic carbocycles. The Morgan fingerprint density at radius 3 is 2.35 bits per heavy atom. The Labute approximate surface area is 183 Å². The maximum absolute atomic E-state index is 11.0. The summed E-state index contributed by atoms with van der Waals surface area (Å²) in [6.07, 6.45) is 2.96. The summed E-state index contributed by atoms with van der Waals surface area (Å²) in [6.45, 7) is 2.43. The molecule has 2 atom stereocenters. The number of hydrogen-bond donors (Lipinski definition) is 1. The van der Waals surface area contributed by atoms with E-state index in [2.05, 4.69) is 53.4 Å². The number of fused-ring (bicyclic) bond motifs is 1. The first kappa shape index (κ1) is 19.7. The second kappa shape index (κ2) is 8.46. The summed E-state index contributed by atoms with van der Waals surface area (Å²) in [5, 5.41) is 9.94. The van der Waals surface area contributed by atoms with Gasteiger partial charge in [-0.05, 0) is 42.2 Å². The molecule has 0 amide bonds. The van der Waals surface area contributed by atoms with Crippen molar-refractivity contribution in [1.82, 2.24) is 0 Å². The summed E-state index contributed by atoms with van der Waals surface area (Å²) in [4.78, 5) is 13.4. The minimum Gasteiger partial charge on any atom is -0.508 e. The van der Waals surface area contributed by atoms with Gasteiger partial charge in [-0.3, -0.25) is 0 Å². The van der Waals surface area contributed by atoms with Gasteiger partial charge in [-0.15, -0.1) is 0 Å². The average molecular weight is 414 g/mol. The van der Waals surface area contributed by atoms with Gasteiger partial charge in [0.05, 0.1) is 6.61 Å². The molecule has 0 spiro atoms. The molecule has 5 rings (SSSR count). The fraction of sp³-hybridized carbons (Fsp3) is 0.296.